The van der Waals surface area contributed by atoms with Gasteiger partial charge in [-0.2, -0.15) is 0 Å². The monoisotopic (exact) mass is 220 g/mol. The number of pyridine rings is 1. The highest BCUT2D eigenvalue weighted by Gasteiger charge is 2.06. The van der Waals surface area contributed by atoms with Gasteiger partial charge in [-0.25, -0.2) is 4.98 Å². The van der Waals surface area contributed by atoms with Crippen LogP contribution in [-0.2, 0) is 6.42 Å². The summed E-state index contributed by atoms with van der Waals surface area (Å²) >= 11 is 1.62. The van der Waals surface area contributed by atoms with E-state index in [0.29, 0.717) is 6.42 Å². The Morgan fingerprint density at radius 2 is 2.13 bits per heavy atom. The van der Waals surface area contributed by atoms with E-state index in [-0.39, 0.29) is 6.10 Å². The fraction of sp³-hybridized carbons (Fsp3) is 0.273. The number of rotatable bonds is 3. The van der Waals surface area contributed by atoms with Gasteiger partial charge in [0, 0.05) is 35.5 Å². The van der Waals surface area contributed by atoms with E-state index in [0.717, 1.165) is 15.4 Å². The summed E-state index contributed by atoms with van der Waals surface area (Å²) in [4.78, 5) is 9.39. The minimum absolute atomic E-state index is 0.309. The minimum atomic E-state index is -0.309. The van der Waals surface area contributed by atoms with E-state index < -0.39 is 0 Å². The maximum absolute atomic E-state index is 9.25. The summed E-state index contributed by atoms with van der Waals surface area (Å²) in [5.41, 5.74) is 1.08. The molecule has 0 bridgehead atoms. The molecular weight excluding hydrogens is 208 g/mol. The number of thiazole rings is 1. The molecule has 0 aliphatic rings. The molecule has 0 fully saturated rings. The predicted molar refractivity (Wildman–Crippen MR) is 60.7 cm³/mol. The number of hydrogen-bond acceptors (Lipinski definition) is 4. The second kappa shape index (κ2) is 4.51. The molecule has 2 rings (SSSR count). The lowest BCUT2D eigenvalue weighted by Gasteiger charge is -1.98. The third-order valence-electron chi connectivity index (χ3n) is 1.98. The average Bonchev–Trinajstić information content (AvgIpc) is 2.67. The van der Waals surface area contributed by atoms with Crippen LogP contribution in [0.1, 0.15) is 11.8 Å². The first-order valence-electron chi connectivity index (χ1n) is 4.79. The first-order chi connectivity index (χ1) is 7.25. The first kappa shape index (κ1) is 10.3. The lowest BCUT2D eigenvalue weighted by atomic mass is 10.3. The van der Waals surface area contributed by atoms with Gasteiger partial charge in [-0.15, -0.1) is 11.3 Å². The van der Waals surface area contributed by atoms with Crippen molar-refractivity contribution in [2.75, 3.05) is 0 Å². The third kappa shape index (κ3) is 2.61. The first-order valence-corrected chi connectivity index (χ1v) is 5.60. The van der Waals surface area contributed by atoms with Crippen LogP contribution >= 0.6 is 11.3 Å². The van der Waals surface area contributed by atoms with Crippen LogP contribution in [0.25, 0.3) is 10.6 Å². The quantitative estimate of drug-likeness (QED) is 0.862. The van der Waals surface area contributed by atoms with Gasteiger partial charge in [-0.3, -0.25) is 4.98 Å². The summed E-state index contributed by atoms with van der Waals surface area (Å²) in [5, 5.41) is 10.2. The highest BCUT2D eigenvalue weighted by Crippen LogP contribution is 2.24. The van der Waals surface area contributed by atoms with Gasteiger partial charge in [0.05, 0.1) is 6.10 Å². The van der Waals surface area contributed by atoms with E-state index >= 15 is 0 Å². The molecule has 2 aromatic rings. The van der Waals surface area contributed by atoms with Gasteiger partial charge >= 0.3 is 0 Å². The second-order valence-corrected chi connectivity index (χ2v) is 4.54. The number of aromatic nitrogens is 2. The summed E-state index contributed by atoms with van der Waals surface area (Å²) in [5.74, 6) is 0. The maximum Gasteiger partial charge on any atom is 0.123 e. The molecule has 0 amide bonds. The SMILES string of the molecule is CC(O)Cc1cnc(-c2ccncc2)s1. The van der Waals surface area contributed by atoms with Crippen LogP contribution in [0.4, 0.5) is 0 Å². The molecular formula is C11H12N2OS. The maximum atomic E-state index is 9.25. The molecule has 0 aliphatic carbocycles. The van der Waals surface area contributed by atoms with Gasteiger partial charge in [0.25, 0.3) is 0 Å². The summed E-state index contributed by atoms with van der Waals surface area (Å²) < 4.78 is 0. The summed E-state index contributed by atoms with van der Waals surface area (Å²) in [6.07, 6.45) is 5.70. The van der Waals surface area contributed by atoms with Crippen molar-refractivity contribution in [3.05, 3.63) is 35.6 Å². The van der Waals surface area contributed by atoms with Crippen LogP contribution < -0.4 is 0 Å². The van der Waals surface area contributed by atoms with Crippen molar-refractivity contribution in [2.24, 2.45) is 0 Å². The van der Waals surface area contributed by atoms with Crippen molar-refractivity contribution < 1.29 is 5.11 Å². The Kier molecular flexibility index (Phi) is 3.08. The predicted octanol–water partition coefficient (Wildman–Crippen LogP) is 2.13. The lowest BCUT2D eigenvalue weighted by molar-refractivity contribution is 0.196. The molecule has 2 heterocycles. The molecule has 0 aliphatic heterocycles. The Balaban J connectivity index is 2.21. The molecule has 1 atom stereocenters. The zero-order valence-electron chi connectivity index (χ0n) is 8.42. The number of aliphatic hydroxyl groups is 1. The van der Waals surface area contributed by atoms with Crippen molar-refractivity contribution in [1.29, 1.82) is 0 Å². The van der Waals surface area contributed by atoms with Crippen LogP contribution in [0.2, 0.25) is 0 Å². The van der Waals surface area contributed by atoms with E-state index in [9.17, 15) is 5.11 Å². The van der Waals surface area contributed by atoms with Gasteiger partial charge in [0.2, 0.25) is 0 Å². The number of aliphatic hydroxyl groups excluding tert-OH is 1. The summed E-state index contributed by atoms with van der Waals surface area (Å²) in [6.45, 7) is 1.78. The molecule has 0 spiro atoms. The topological polar surface area (TPSA) is 46.0 Å². The van der Waals surface area contributed by atoms with Crippen molar-refractivity contribution in [1.82, 2.24) is 9.97 Å². The standard InChI is InChI=1S/C11H12N2OS/c1-8(14)6-10-7-13-11(15-10)9-2-4-12-5-3-9/h2-5,7-8,14H,6H2,1H3. The fourth-order valence-electron chi connectivity index (χ4n) is 1.32. The summed E-state index contributed by atoms with van der Waals surface area (Å²) in [7, 11) is 0. The van der Waals surface area contributed by atoms with Gasteiger partial charge in [0.1, 0.15) is 5.01 Å². The van der Waals surface area contributed by atoms with Crippen LogP contribution in [-0.4, -0.2) is 21.2 Å². The van der Waals surface area contributed by atoms with E-state index in [1.165, 1.54) is 0 Å². The van der Waals surface area contributed by atoms with E-state index in [1.807, 2.05) is 18.3 Å². The summed E-state index contributed by atoms with van der Waals surface area (Å²) in [6, 6.07) is 3.87. The molecule has 3 nitrogen and oxygen atoms in total. The van der Waals surface area contributed by atoms with E-state index in [1.54, 1.807) is 30.7 Å². The minimum Gasteiger partial charge on any atom is -0.393 e. The number of hydrogen-bond donors (Lipinski definition) is 1. The van der Waals surface area contributed by atoms with Gasteiger partial charge in [-0.1, -0.05) is 0 Å². The van der Waals surface area contributed by atoms with Crippen molar-refractivity contribution in [3.8, 4) is 10.6 Å². The van der Waals surface area contributed by atoms with Crippen LogP contribution in [0.15, 0.2) is 30.7 Å². The lowest BCUT2D eigenvalue weighted by Crippen LogP contribution is -2.01. The van der Waals surface area contributed by atoms with Crippen molar-refractivity contribution in [2.45, 2.75) is 19.4 Å². The Labute approximate surface area is 92.5 Å². The Bertz CT molecular complexity index is 425. The van der Waals surface area contributed by atoms with Crippen LogP contribution in [0.5, 0.6) is 0 Å². The van der Waals surface area contributed by atoms with Crippen molar-refractivity contribution in [3.63, 3.8) is 0 Å². The molecule has 1 N–H and O–H groups in total. The molecule has 78 valence electrons. The largest absolute Gasteiger partial charge is 0.393 e. The normalized spacial score (nSPS) is 12.7. The van der Waals surface area contributed by atoms with Gasteiger partial charge < -0.3 is 5.11 Å². The van der Waals surface area contributed by atoms with Crippen molar-refractivity contribution >= 4 is 11.3 Å². The van der Waals surface area contributed by atoms with Crippen LogP contribution in [0.3, 0.4) is 0 Å². The molecule has 2 aromatic heterocycles. The molecule has 0 saturated heterocycles. The highest BCUT2D eigenvalue weighted by molar-refractivity contribution is 7.15. The smallest absolute Gasteiger partial charge is 0.123 e. The zero-order chi connectivity index (χ0) is 10.7. The Hall–Kier alpha value is -1.26. The third-order valence-corrected chi connectivity index (χ3v) is 3.05. The van der Waals surface area contributed by atoms with E-state index in [4.69, 9.17) is 0 Å². The zero-order valence-corrected chi connectivity index (χ0v) is 9.24. The van der Waals surface area contributed by atoms with Crippen LogP contribution in [0, 0.1) is 0 Å². The molecule has 15 heavy (non-hydrogen) atoms. The van der Waals surface area contributed by atoms with E-state index in [2.05, 4.69) is 9.97 Å². The number of nitrogens with zero attached hydrogens (tertiary/aromatic N) is 2. The van der Waals surface area contributed by atoms with Gasteiger partial charge in [-0.05, 0) is 19.1 Å². The second-order valence-electron chi connectivity index (χ2n) is 3.42. The fourth-order valence-corrected chi connectivity index (χ4v) is 2.36. The highest BCUT2D eigenvalue weighted by atomic mass is 32.1. The molecule has 0 saturated carbocycles. The Morgan fingerprint density at radius 1 is 1.40 bits per heavy atom. The average molecular weight is 220 g/mol. The molecule has 0 radical (unpaired) electrons. The molecule has 1 unspecified atom stereocenters. The van der Waals surface area contributed by atoms with Gasteiger partial charge in [0.15, 0.2) is 0 Å². The molecule has 4 heteroatoms. The Morgan fingerprint density at radius 3 is 2.80 bits per heavy atom. The molecule has 0 aromatic carbocycles.